The van der Waals surface area contributed by atoms with Gasteiger partial charge in [-0.25, -0.2) is 0 Å². The number of anilines is 1. The molecular formula is C15H20N4O2. The number of carbonyl (C=O) groups is 1. The van der Waals surface area contributed by atoms with Crippen molar-refractivity contribution >= 4 is 23.0 Å². The number of aryl methyl sites for hydroxylation is 1. The fraction of sp³-hybridized carbons (Fsp3) is 0.467. The van der Waals surface area contributed by atoms with Crippen molar-refractivity contribution in [2.45, 2.75) is 6.92 Å². The topological polar surface area (TPSA) is 61.6 Å². The molecule has 21 heavy (non-hydrogen) atoms. The molecule has 0 atom stereocenters. The van der Waals surface area contributed by atoms with Gasteiger partial charge in [0.2, 0.25) is 5.91 Å². The van der Waals surface area contributed by atoms with Crippen LogP contribution in [0.4, 0.5) is 6.01 Å². The van der Waals surface area contributed by atoms with Crippen molar-refractivity contribution in [1.82, 2.24) is 15.2 Å². The molecule has 1 aromatic carbocycles. The minimum atomic E-state index is 0.144. The minimum absolute atomic E-state index is 0.144. The minimum Gasteiger partial charge on any atom is -0.423 e. The standard InChI is InChI=1S/C15H20N4O2/c1-11-3-4-13-12(9-11)17-15(21-13)19-7-5-18(6-8-19)14(20)10-16-2/h3-4,9,16H,5-8,10H2,1-2H3. The Morgan fingerprint density at radius 1 is 1.33 bits per heavy atom. The molecule has 6 nitrogen and oxygen atoms in total. The van der Waals surface area contributed by atoms with E-state index in [4.69, 9.17) is 4.42 Å². The molecule has 0 saturated carbocycles. The van der Waals surface area contributed by atoms with Crippen LogP contribution >= 0.6 is 0 Å². The zero-order valence-corrected chi connectivity index (χ0v) is 12.4. The average molecular weight is 288 g/mol. The Kier molecular flexibility index (Phi) is 3.79. The van der Waals surface area contributed by atoms with E-state index >= 15 is 0 Å². The molecule has 0 bridgehead atoms. The summed E-state index contributed by atoms with van der Waals surface area (Å²) >= 11 is 0. The summed E-state index contributed by atoms with van der Waals surface area (Å²) in [5, 5.41) is 2.90. The van der Waals surface area contributed by atoms with Gasteiger partial charge >= 0.3 is 0 Å². The molecule has 0 spiro atoms. The molecular weight excluding hydrogens is 268 g/mol. The van der Waals surface area contributed by atoms with Crippen LogP contribution in [0.15, 0.2) is 22.6 Å². The Balaban J connectivity index is 1.69. The number of hydrogen-bond acceptors (Lipinski definition) is 5. The highest BCUT2D eigenvalue weighted by molar-refractivity contribution is 5.78. The van der Waals surface area contributed by atoms with Crippen molar-refractivity contribution in [3.05, 3.63) is 23.8 Å². The third-order valence-electron chi connectivity index (χ3n) is 3.76. The lowest BCUT2D eigenvalue weighted by atomic mass is 10.2. The van der Waals surface area contributed by atoms with Gasteiger partial charge in [-0.2, -0.15) is 4.98 Å². The van der Waals surface area contributed by atoms with Crippen LogP contribution in [-0.2, 0) is 4.79 Å². The molecule has 0 radical (unpaired) electrons. The summed E-state index contributed by atoms with van der Waals surface area (Å²) in [6.07, 6.45) is 0. The van der Waals surface area contributed by atoms with Gasteiger partial charge in [-0.05, 0) is 31.7 Å². The molecule has 1 N–H and O–H groups in total. The Bertz CT molecular complexity index is 644. The number of oxazole rings is 1. The van der Waals surface area contributed by atoms with Crippen molar-refractivity contribution in [1.29, 1.82) is 0 Å². The van der Waals surface area contributed by atoms with E-state index in [0.29, 0.717) is 25.6 Å². The first-order valence-electron chi connectivity index (χ1n) is 7.22. The van der Waals surface area contributed by atoms with Crippen LogP contribution in [0.3, 0.4) is 0 Å². The number of piperazine rings is 1. The lowest BCUT2D eigenvalue weighted by molar-refractivity contribution is -0.130. The molecule has 1 aliphatic rings. The first-order chi connectivity index (χ1) is 10.2. The smallest absolute Gasteiger partial charge is 0.298 e. The number of likely N-dealkylation sites (N-methyl/N-ethyl adjacent to an activating group) is 1. The molecule has 0 unspecified atom stereocenters. The highest BCUT2D eigenvalue weighted by Crippen LogP contribution is 2.23. The summed E-state index contributed by atoms with van der Waals surface area (Å²) in [4.78, 5) is 20.3. The normalized spacial score (nSPS) is 15.7. The van der Waals surface area contributed by atoms with Gasteiger partial charge in [-0.3, -0.25) is 4.79 Å². The fourth-order valence-corrected chi connectivity index (χ4v) is 2.57. The van der Waals surface area contributed by atoms with Crippen LogP contribution in [0, 0.1) is 6.92 Å². The third kappa shape index (κ3) is 2.85. The van der Waals surface area contributed by atoms with Crippen molar-refractivity contribution in [2.24, 2.45) is 0 Å². The molecule has 112 valence electrons. The molecule has 1 fully saturated rings. The predicted octanol–water partition coefficient (Wildman–Crippen LogP) is 1.00. The maximum absolute atomic E-state index is 11.8. The molecule has 6 heteroatoms. The molecule has 0 aliphatic carbocycles. The van der Waals surface area contributed by atoms with Crippen molar-refractivity contribution in [3.8, 4) is 0 Å². The van der Waals surface area contributed by atoms with Crippen molar-refractivity contribution in [3.63, 3.8) is 0 Å². The van der Waals surface area contributed by atoms with E-state index in [0.717, 1.165) is 24.2 Å². The van der Waals surface area contributed by atoms with E-state index in [9.17, 15) is 4.79 Å². The number of hydrogen-bond donors (Lipinski definition) is 1. The average Bonchev–Trinajstić information content (AvgIpc) is 2.90. The van der Waals surface area contributed by atoms with Gasteiger partial charge in [0.05, 0.1) is 6.54 Å². The predicted molar refractivity (Wildman–Crippen MR) is 81.5 cm³/mol. The summed E-state index contributed by atoms with van der Waals surface area (Å²) in [5.74, 6) is 0.144. The van der Waals surface area contributed by atoms with E-state index in [1.165, 1.54) is 5.56 Å². The number of nitrogens with one attached hydrogen (secondary N) is 1. The summed E-state index contributed by atoms with van der Waals surface area (Å²) in [6, 6.07) is 6.64. The van der Waals surface area contributed by atoms with Crippen LogP contribution in [-0.4, -0.2) is 55.6 Å². The third-order valence-corrected chi connectivity index (χ3v) is 3.76. The number of benzene rings is 1. The van der Waals surface area contributed by atoms with Gasteiger partial charge < -0.3 is 19.5 Å². The van der Waals surface area contributed by atoms with E-state index in [1.807, 2.05) is 30.0 Å². The Morgan fingerprint density at radius 2 is 2.10 bits per heavy atom. The van der Waals surface area contributed by atoms with Crippen LogP contribution in [0.5, 0.6) is 0 Å². The van der Waals surface area contributed by atoms with Gasteiger partial charge in [0.1, 0.15) is 5.52 Å². The number of nitrogens with zero attached hydrogens (tertiary/aromatic N) is 3. The number of fused-ring (bicyclic) bond motifs is 1. The second-order valence-electron chi connectivity index (χ2n) is 5.37. The summed E-state index contributed by atoms with van der Waals surface area (Å²) in [6.45, 7) is 5.35. The van der Waals surface area contributed by atoms with E-state index < -0.39 is 0 Å². The number of carbonyl (C=O) groups excluding carboxylic acids is 1. The first kappa shape index (κ1) is 13.9. The summed E-state index contributed by atoms with van der Waals surface area (Å²) < 4.78 is 5.80. The van der Waals surface area contributed by atoms with Crippen molar-refractivity contribution < 1.29 is 9.21 Å². The monoisotopic (exact) mass is 288 g/mol. The van der Waals surface area contributed by atoms with Gasteiger partial charge in [0.25, 0.3) is 6.01 Å². The molecule has 1 saturated heterocycles. The zero-order chi connectivity index (χ0) is 14.8. The van der Waals surface area contributed by atoms with Crippen LogP contribution in [0.1, 0.15) is 5.56 Å². The SMILES string of the molecule is CNCC(=O)N1CCN(c2nc3cc(C)ccc3o2)CC1. The van der Waals surface area contributed by atoms with Crippen LogP contribution in [0.2, 0.25) is 0 Å². The van der Waals surface area contributed by atoms with Crippen molar-refractivity contribution in [2.75, 3.05) is 44.7 Å². The van der Waals surface area contributed by atoms with Gasteiger partial charge in [-0.1, -0.05) is 6.07 Å². The molecule has 2 heterocycles. The van der Waals surface area contributed by atoms with Gasteiger partial charge in [0, 0.05) is 26.2 Å². The lowest BCUT2D eigenvalue weighted by Gasteiger charge is -2.33. The van der Waals surface area contributed by atoms with E-state index in [-0.39, 0.29) is 5.91 Å². The molecule has 1 aliphatic heterocycles. The van der Waals surface area contributed by atoms with Crippen LogP contribution in [0.25, 0.3) is 11.1 Å². The molecule has 2 aromatic rings. The Morgan fingerprint density at radius 3 is 2.81 bits per heavy atom. The zero-order valence-electron chi connectivity index (χ0n) is 12.4. The molecule has 1 amide bonds. The largest absolute Gasteiger partial charge is 0.423 e. The van der Waals surface area contributed by atoms with E-state index in [1.54, 1.807) is 7.05 Å². The lowest BCUT2D eigenvalue weighted by Crippen LogP contribution is -2.50. The molecule has 3 rings (SSSR count). The maximum atomic E-state index is 11.8. The van der Waals surface area contributed by atoms with Crippen LogP contribution < -0.4 is 10.2 Å². The highest BCUT2D eigenvalue weighted by atomic mass is 16.4. The number of amides is 1. The summed E-state index contributed by atoms with van der Waals surface area (Å²) in [7, 11) is 1.79. The quantitative estimate of drug-likeness (QED) is 0.913. The second-order valence-corrected chi connectivity index (χ2v) is 5.37. The number of aromatic nitrogens is 1. The Labute approximate surface area is 123 Å². The maximum Gasteiger partial charge on any atom is 0.298 e. The van der Waals surface area contributed by atoms with E-state index in [2.05, 4.69) is 15.2 Å². The van der Waals surface area contributed by atoms with Gasteiger partial charge in [-0.15, -0.1) is 0 Å². The second kappa shape index (κ2) is 5.73. The fourth-order valence-electron chi connectivity index (χ4n) is 2.57. The highest BCUT2D eigenvalue weighted by Gasteiger charge is 2.23. The molecule has 1 aromatic heterocycles. The van der Waals surface area contributed by atoms with Gasteiger partial charge in [0.15, 0.2) is 5.58 Å². The summed E-state index contributed by atoms with van der Waals surface area (Å²) in [5.41, 5.74) is 2.87. The Hall–Kier alpha value is -2.08. The number of rotatable bonds is 3. The first-order valence-corrected chi connectivity index (χ1v) is 7.22.